The molecule has 0 atom stereocenters. The van der Waals surface area contributed by atoms with E-state index in [-0.39, 0.29) is 0 Å². The Balaban J connectivity index is 4.47. The minimum atomic E-state index is 0.845. The van der Waals surface area contributed by atoms with Gasteiger partial charge in [-0.05, 0) is 27.7 Å². The molecule has 0 aliphatic rings. The van der Waals surface area contributed by atoms with Crippen LogP contribution in [0.25, 0.3) is 0 Å². The average Bonchev–Trinajstić information content (AvgIpc) is 2.17. The van der Waals surface area contributed by atoms with Gasteiger partial charge in [0, 0.05) is 11.9 Å². The van der Waals surface area contributed by atoms with Crippen LogP contribution in [-0.4, -0.2) is 17.8 Å². The first-order valence-corrected chi connectivity index (χ1v) is 4.47. The van der Waals surface area contributed by atoms with Gasteiger partial charge in [0.15, 0.2) is 0 Å². The van der Waals surface area contributed by atoms with E-state index in [1.165, 1.54) is 12.5 Å². The lowest BCUT2D eigenvalue weighted by molar-refractivity contribution is 1.29. The SMILES string of the molecule is C=CN=C(C)C(C)=NC=N/C(C)=C/C. The Kier molecular flexibility index (Phi) is 6.20. The number of hydrogen-bond acceptors (Lipinski definition) is 2. The molecule has 76 valence electrons. The molecule has 3 nitrogen and oxygen atoms in total. The van der Waals surface area contributed by atoms with Crippen molar-refractivity contribution < 1.29 is 0 Å². The molecule has 0 aromatic rings. The van der Waals surface area contributed by atoms with Crippen molar-refractivity contribution in [3.63, 3.8) is 0 Å². The monoisotopic (exact) mass is 191 g/mol. The van der Waals surface area contributed by atoms with E-state index in [4.69, 9.17) is 0 Å². The lowest BCUT2D eigenvalue weighted by Gasteiger charge is -1.94. The van der Waals surface area contributed by atoms with Crippen molar-refractivity contribution in [2.45, 2.75) is 27.7 Å². The van der Waals surface area contributed by atoms with Gasteiger partial charge in [0.2, 0.25) is 0 Å². The van der Waals surface area contributed by atoms with E-state index in [1.807, 2.05) is 33.8 Å². The van der Waals surface area contributed by atoms with Gasteiger partial charge in [-0.2, -0.15) is 0 Å². The smallest absolute Gasteiger partial charge is 0.115 e. The van der Waals surface area contributed by atoms with Crippen LogP contribution in [-0.2, 0) is 0 Å². The first-order valence-electron chi connectivity index (χ1n) is 4.47. The van der Waals surface area contributed by atoms with E-state index < -0.39 is 0 Å². The molecule has 0 aliphatic heterocycles. The highest BCUT2D eigenvalue weighted by atomic mass is 14.9. The molecule has 0 radical (unpaired) electrons. The summed E-state index contributed by atoms with van der Waals surface area (Å²) in [7, 11) is 0. The van der Waals surface area contributed by atoms with Crippen LogP contribution in [0.1, 0.15) is 27.7 Å². The summed E-state index contributed by atoms with van der Waals surface area (Å²) in [5, 5.41) is 0. The number of rotatable bonds is 4. The van der Waals surface area contributed by atoms with E-state index in [0.717, 1.165) is 17.1 Å². The predicted molar refractivity (Wildman–Crippen MR) is 64.3 cm³/mol. The summed E-state index contributed by atoms with van der Waals surface area (Å²) in [6.07, 6.45) is 4.96. The molecule has 0 amide bonds. The van der Waals surface area contributed by atoms with Crippen molar-refractivity contribution in [2.75, 3.05) is 0 Å². The van der Waals surface area contributed by atoms with Crippen LogP contribution in [0.5, 0.6) is 0 Å². The highest BCUT2D eigenvalue weighted by Gasteiger charge is 1.92. The summed E-state index contributed by atoms with van der Waals surface area (Å²) in [6.45, 7) is 11.2. The van der Waals surface area contributed by atoms with Crippen molar-refractivity contribution in [3.8, 4) is 0 Å². The molecular weight excluding hydrogens is 174 g/mol. The molecular formula is C11H17N3. The van der Waals surface area contributed by atoms with Gasteiger partial charge in [0.25, 0.3) is 0 Å². The van der Waals surface area contributed by atoms with Crippen molar-refractivity contribution >= 4 is 17.8 Å². The Hall–Kier alpha value is -1.51. The van der Waals surface area contributed by atoms with Crippen LogP contribution < -0.4 is 0 Å². The Bertz CT molecular complexity index is 306. The van der Waals surface area contributed by atoms with Crippen LogP contribution in [0.3, 0.4) is 0 Å². The number of nitrogens with zero attached hydrogens (tertiary/aromatic N) is 3. The lowest BCUT2D eigenvalue weighted by Crippen LogP contribution is -2.04. The summed E-state index contributed by atoms with van der Waals surface area (Å²) in [5.74, 6) is 0. The topological polar surface area (TPSA) is 37.1 Å². The van der Waals surface area contributed by atoms with Crippen LogP contribution in [0.15, 0.2) is 39.5 Å². The molecule has 0 aromatic heterocycles. The van der Waals surface area contributed by atoms with Crippen LogP contribution >= 0.6 is 0 Å². The molecule has 0 unspecified atom stereocenters. The molecule has 0 rings (SSSR count). The summed E-state index contributed by atoms with van der Waals surface area (Å²) in [6, 6.07) is 0. The molecule has 0 saturated carbocycles. The molecule has 0 spiro atoms. The van der Waals surface area contributed by atoms with E-state index in [9.17, 15) is 0 Å². The Morgan fingerprint density at radius 2 is 1.64 bits per heavy atom. The Morgan fingerprint density at radius 1 is 1.07 bits per heavy atom. The molecule has 0 heterocycles. The largest absolute Gasteiger partial charge is 0.260 e. The molecule has 14 heavy (non-hydrogen) atoms. The first kappa shape index (κ1) is 12.5. The third-order valence-electron chi connectivity index (χ3n) is 1.74. The second-order valence-corrected chi connectivity index (χ2v) is 2.79. The summed E-state index contributed by atoms with van der Waals surface area (Å²) in [4.78, 5) is 12.2. The van der Waals surface area contributed by atoms with E-state index in [0.29, 0.717) is 0 Å². The Morgan fingerprint density at radius 3 is 2.14 bits per heavy atom. The molecule has 0 fully saturated rings. The normalized spacial score (nSPS) is 15.0. The summed E-state index contributed by atoms with van der Waals surface area (Å²) < 4.78 is 0. The standard InChI is InChI=1S/C11H17N3/c1-6-9(3)13-8-14-11(5)10(4)12-7-2/h6-8H,2H2,1,3-5H3/b9-6+,12-10?,13-8?,14-11?. The Labute approximate surface area is 85.7 Å². The maximum absolute atomic E-state index is 4.14. The zero-order valence-electron chi connectivity index (χ0n) is 9.28. The fraction of sp³-hybridized carbons (Fsp3) is 0.364. The van der Waals surface area contributed by atoms with Gasteiger partial charge >= 0.3 is 0 Å². The predicted octanol–water partition coefficient (Wildman–Crippen LogP) is 3.00. The number of allylic oxidation sites excluding steroid dienone is 2. The summed E-state index contributed by atoms with van der Waals surface area (Å²) in [5.41, 5.74) is 2.64. The molecule has 3 heteroatoms. The fourth-order valence-electron chi connectivity index (χ4n) is 0.605. The van der Waals surface area contributed by atoms with E-state index in [1.54, 1.807) is 0 Å². The van der Waals surface area contributed by atoms with Crippen molar-refractivity contribution in [1.82, 2.24) is 0 Å². The van der Waals surface area contributed by atoms with Gasteiger partial charge in [0.05, 0.1) is 11.4 Å². The van der Waals surface area contributed by atoms with E-state index in [2.05, 4.69) is 21.6 Å². The fourth-order valence-corrected chi connectivity index (χ4v) is 0.605. The average molecular weight is 191 g/mol. The molecule has 0 saturated heterocycles. The van der Waals surface area contributed by atoms with Crippen molar-refractivity contribution in [2.24, 2.45) is 15.0 Å². The van der Waals surface area contributed by atoms with Gasteiger partial charge in [-0.15, -0.1) is 0 Å². The minimum Gasteiger partial charge on any atom is -0.260 e. The van der Waals surface area contributed by atoms with Crippen LogP contribution in [0.2, 0.25) is 0 Å². The zero-order valence-corrected chi connectivity index (χ0v) is 9.28. The molecule has 0 N–H and O–H groups in total. The molecule has 0 aromatic carbocycles. The highest BCUT2D eigenvalue weighted by molar-refractivity contribution is 6.41. The van der Waals surface area contributed by atoms with Gasteiger partial charge < -0.3 is 0 Å². The molecule has 0 aliphatic carbocycles. The van der Waals surface area contributed by atoms with Crippen molar-refractivity contribution in [3.05, 3.63) is 24.6 Å². The summed E-state index contributed by atoms with van der Waals surface area (Å²) >= 11 is 0. The third-order valence-corrected chi connectivity index (χ3v) is 1.74. The highest BCUT2D eigenvalue weighted by Crippen LogP contribution is 1.91. The van der Waals surface area contributed by atoms with Crippen molar-refractivity contribution in [1.29, 1.82) is 0 Å². The van der Waals surface area contributed by atoms with Crippen LogP contribution in [0, 0.1) is 0 Å². The number of aliphatic imine (C=N–C) groups is 3. The van der Waals surface area contributed by atoms with Gasteiger partial charge in [-0.3, -0.25) is 4.99 Å². The second kappa shape index (κ2) is 6.95. The van der Waals surface area contributed by atoms with Gasteiger partial charge in [-0.1, -0.05) is 12.7 Å². The quantitative estimate of drug-likeness (QED) is 0.484. The lowest BCUT2D eigenvalue weighted by atomic mass is 10.3. The number of hydrogen-bond donors (Lipinski definition) is 0. The second-order valence-electron chi connectivity index (χ2n) is 2.79. The maximum Gasteiger partial charge on any atom is 0.115 e. The minimum absolute atomic E-state index is 0.845. The van der Waals surface area contributed by atoms with Gasteiger partial charge in [0.1, 0.15) is 6.34 Å². The van der Waals surface area contributed by atoms with Crippen LogP contribution in [0.4, 0.5) is 0 Å². The van der Waals surface area contributed by atoms with E-state index >= 15 is 0 Å². The third kappa shape index (κ3) is 5.19. The van der Waals surface area contributed by atoms with Gasteiger partial charge in [-0.25, -0.2) is 9.98 Å². The first-order chi connectivity index (χ1) is 6.61. The zero-order chi connectivity index (χ0) is 11.0. The molecule has 0 bridgehead atoms. The maximum atomic E-state index is 4.14.